The van der Waals surface area contributed by atoms with Gasteiger partial charge in [0.1, 0.15) is 0 Å². The molecule has 0 heterocycles. The van der Waals surface area contributed by atoms with E-state index in [0.29, 0.717) is 0 Å². The Labute approximate surface area is 173 Å². The van der Waals surface area contributed by atoms with Gasteiger partial charge in [-0.2, -0.15) is 0 Å². The van der Waals surface area contributed by atoms with Crippen LogP contribution in [0.2, 0.25) is 0 Å². The van der Waals surface area contributed by atoms with Crippen LogP contribution in [0.3, 0.4) is 0 Å². The van der Waals surface area contributed by atoms with Crippen LogP contribution in [0.15, 0.2) is 91.0 Å². The lowest BCUT2D eigenvalue weighted by atomic mass is 9.86. The quantitative estimate of drug-likeness (QED) is 0.356. The Morgan fingerprint density at radius 3 is 1.72 bits per heavy atom. The smallest absolute Gasteiger partial charge is 0.0540 e. The minimum Gasteiger partial charge on any atom is -0.310 e. The summed E-state index contributed by atoms with van der Waals surface area (Å²) in [5.41, 5.74) is 11.7. The van der Waals surface area contributed by atoms with Crippen LogP contribution in [0.1, 0.15) is 22.3 Å². The van der Waals surface area contributed by atoms with E-state index in [1.807, 2.05) is 0 Å². The van der Waals surface area contributed by atoms with Crippen molar-refractivity contribution in [3.05, 3.63) is 113 Å². The van der Waals surface area contributed by atoms with E-state index in [0.717, 1.165) is 0 Å². The molecule has 0 N–H and O–H groups in total. The first-order chi connectivity index (χ1) is 14.2. The van der Waals surface area contributed by atoms with E-state index in [-0.39, 0.29) is 0 Å². The molecule has 0 amide bonds. The molecule has 0 radical (unpaired) electrons. The number of nitrogens with zero attached hydrogens (tertiary/aromatic N) is 1. The first-order valence-corrected chi connectivity index (χ1v) is 10.3. The van der Waals surface area contributed by atoms with Crippen LogP contribution in [0.5, 0.6) is 0 Å². The number of para-hydroxylation sites is 1. The Bertz CT molecular complexity index is 1110. The highest BCUT2D eigenvalue weighted by molar-refractivity contribution is 5.88. The topological polar surface area (TPSA) is 3.24 Å². The van der Waals surface area contributed by atoms with Crippen LogP contribution < -0.4 is 4.90 Å². The molecular formula is C28H25N. The highest BCUT2D eigenvalue weighted by Gasteiger charge is 2.19. The minimum atomic E-state index is 1.18. The van der Waals surface area contributed by atoms with Crippen LogP contribution in [0.25, 0.3) is 11.1 Å². The van der Waals surface area contributed by atoms with Gasteiger partial charge in [0.15, 0.2) is 0 Å². The van der Waals surface area contributed by atoms with Gasteiger partial charge in [-0.05, 0) is 73.7 Å². The van der Waals surface area contributed by atoms with Gasteiger partial charge in [0.05, 0.1) is 5.69 Å². The molecule has 0 unspecified atom stereocenters. The molecule has 29 heavy (non-hydrogen) atoms. The van der Waals surface area contributed by atoms with Crippen molar-refractivity contribution in [2.45, 2.75) is 26.7 Å². The zero-order chi connectivity index (χ0) is 19.8. The van der Waals surface area contributed by atoms with Crippen molar-refractivity contribution in [2.24, 2.45) is 0 Å². The fraction of sp³-hybridized carbons (Fsp3) is 0.143. The third-order valence-electron chi connectivity index (χ3n) is 5.91. The predicted octanol–water partition coefficient (Wildman–Crippen LogP) is 7.54. The fourth-order valence-corrected chi connectivity index (χ4v) is 4.09. The average Bonchev–Trinajstić information content (AvgIpc) is 2.72. The summed E-state index contributed by atoms with van der Waals surface area (Å²) in [5.74, 6) is 0. The van der Waals surface area contributed by atoms with Crippen LogP contribution in [0.4, 0.5) is 17.1 Å². The number of anilines is 3. The van der Waals surface area contributed by atoms with Crippen molar-refractivity contribution in [2.75, 3.05) is 4.90 Å². The third-order valence-corrected chi connectivity index (χ3v) is 5.91. The number of hydrogen-bond acceptors (Lipinski definition) is 1. The second-order valence-corrected chi connectivity index (χ2v) is 8.01. The molecule has 0 saturated heterocycles. The summed E-state index contributed by atoms with van der Waals surface area (Å²) in [6.45, 7) is 4.27. The zero-order valence-corrected chi connectivity index (χ0v) is 17.0. The van der Waals surface area contributed by atoms with Gasteiger partial charge in [-0.25, -0.2) is 0 Å². The monoisotopic (exact) mass is 375 g/mol. The molecule has 0 aliphatic heterocycles. The van der Waals surface area contributed by atoms with Crippen LogP contribution in [-0.4, -0.2) is 0 Å². The van der Waals surface area contributed by atoms with Crippen molar-refractivity contribution < 1.29 is 0 Å². The first-order valence-electron chi connectivity index (χ1n) is 10.3. The molecule has 4 aromatic carbocycles. The summed E-state index contributed by atoms with van der Waals surface area (Å²) in [6, 6.07) is 33.3. The molecular weight excluding hydrogens is 350 g/mol. The van der Waals surface area contributed by atoms with Gasteiger partial charge < -0.3 is 4.90 Å². The van der Waals surface area contributed by atoms with E-state index >= 15 is 0 Å². The van der Waals surface area contributed by atoms with Gasteiger partial charge in [-0.15, -0.1) is 0 Å². The molecule has 0 aromatic heterocycles. The SMILES string of the molecule is Cc1ccc(N(c2ccc(C)cc2)c2ccccc2-c2ccc3c(c2)CC3)cc1. The summed E-state index contributed by atoms with van der Waals surface area (Å²) in [4.78, 5) is 2.37. The normalized spacial score (nSPS) is 12.2. The standard InChI is InChI=1S/C28H25N/c1-20-7-15-25(16-8-20)29(26-17-9-21(2)10-18-26)28-6-4-3-5-27(28)24-14-12-22-11-13-23(22)19-24/h3-10,12,14-19H,11,13H2,1-2H3. The van der Waals surface area contributed by atoms with E-state index in [2.05, 4.69) is 110 Å². The van der Waals surface area contributed by atoms with Crippen LogP contribution in [0, 0.1) is 13.8 Å². The molecule has 0 atom stereocenters. The highest BCUT2D eigenvalue weighted by Crippen LogP contribution is 2.41. The molecule has 0 fully saturated rings. The Morgan fingerprint density at radius 2 is 1.17 bits per heavy atom. The molecule has 1 aliphatic rings. The van der Waals surface area contributed by atoms with Crippen molar-refractivity contribution in [1.82, 2.24) is 0 Å². The lowest BCUT2D eigenvalue weighted by molar-refractivity contribution is 0.840. The van der Waals surface area contributed by atoms with Crippen molar-refractivity contribution in [1.29, 1.82) is 0 Å². The Balaban J connectivity index is 1.69. The predicted molar refractivity (Wildman–Crippen MR) is 123 cm³/mol. The average molecular weight is 376 g/mol. The van der Waals surface area contributed by atoms with Gasteiger partial charge in [0, 0.05) is 16.9 Å². The molecule has 142 valence electrons. The molecule has 4 aromatic rings. The number of hydrogen-bond donors (Lipinski definition) is 0. The maximum Gasteiger partial charge on any atom is 0.0540 e. The molecule has 1 heteroatoms. The summed E-state index contributed by atoms with van der Waals surface area (Å²) in [6.07, 6.45) is 2.42. The van der Waals surface area contributed by atoms with Gasteiger partial charge in [0.25, 0.3) is 0 Å². The van der Waals surface area contributed by atoms with Crippen molar-refractivity contribution in [3.8, 4) is 11.1 Å². The van der Waals surface area contributed by atoms with Gasteiger partial charge >= 0.3 is 0 Å². The van der Waals surface area contributed by atoms with E-state index in [1.54, 1.807) is 0 Å². The summed E-state index contributed by atoms with van der Waals surface area (Å²) >= 11 is 0. The Hall–Kier alpha value is -3.32. The fourth-order valence-electron chi connectivity index (χ4n) is 4.09. The molecule has 0 saturated carbocycles. The lowest BCUT2D eigenvalue weighted by Crippen LogP contribution is -2.12. The largest absolute Gasteiger partial charge is 0.310 e. The molecule has 0 bridgehead atoms. The first kappa shape index (κ1) is 17.8. The van der Waals surface area contributed by atoms with Gasteiger partial charge in [0.2, 0.25) is 0 Å². The Morgan fingerprint density at radius 1 is 0.586 bits per heavy atom. The minimum absolute atomic E-state index is 1.18. The number of rotatable bonds is 4. The maximum absolute atomic E-state index is 2.38. The molecule has 5 rings (SSSR count). The zero-order valence-electron chi connectivity index (χ0n) is 17.0. The van der Waals surface area contributed by atoms with E-state index in [1.165, 1.54) is 63.3 Å². The molecule has 0 spiro atoms. The number of fused-ring (bicyclic) bond motifs is 1. The van der Waals surface area contributed by atoms with Crippen LogP contribution in [-0.2, 0) is 12.8 Å². The summed E-state index contributed by atoms with van der Waals surface area (Å²) in [7, 11) is 0. The highest BCUT2D eigenvalue weighted by atomic mass is 15.1. The Kier molecular flexibility index (Phi) is 4.44. The number of aryl methyl sites for hydroxylation is 4. The molecule has 1 nitrogen and oxygen atoms in total. The van der Waals surface area contributed by atoms with Crippen LogP contribution >= 0.6 is 0 Å². The third kappa shape index (κ3) is 3.34. The van der Waals surface area contributed by atoms with E-state index < -0.39 is 0 Å². The van der Waals surface area contributed by atoms with E-state index in [9.17, 15) is 0 Å². The summed E-state index contributed by atoms with van der Waals surface area (Å²) < 4.78 is 0. The van der Waals surface area contributed by atoms with Gasteiger partial charge in [-0.1, -0.05) is 71.8 Å². The van der Waals surface area contributed by atoms with Crippen molar-refractivity contribution >= 4 is 17.1 Å². The lowest BCUT2D eigenvalue weighted by Gasteiger charge is -2.28. The summed E-state index contributed by atoms with van der Waals surface area (Å²) in [5, 5.41) is 0. The molecule has 1 aliphatic carbocycles. The van der Waals surface area contributed by atoms with Gasteiger partial charge in [-0.3, -0.25) is 0 Å². The van der Waals surface area contributed by atoms with Crippen molar-refractivity contribution in [3.63, 3.8) is 0 Å². The maximum atomic E-state index is 2.38. The second-order valence-electron chi connectivity index (χ2n) is 8.01. The number of benzene rings is 4. The van der Waals surface area contributed by atoms with E-state index in [4.69, 9.17) is 0 Å². The second kappa shape index (κ2) is 7.25.